The molecule has 6 nitrogen and oxygen atoms in total. The van der Waals surface area contributed by atoms with Crippen molar-refractivity contribution in [1.29, 1.82) is 0 Å². The molecule has 7 heteroatoms. The minimum Gasteiger partial charge on any atom is -0.497 e. The van der Waals surface area contributed by atoms with Gasteiger partial charge in [0.15, 0.2) is 0 Å². The fourth-order valence-corrected chi connectivity index (χ4v) is 6.03. The molecular weight excluding hydrogens is 448 g/mol. The van der Waals surface area contributed by atoms with Gasteiger partial charge in [-0.2, -0.15) is 4.31 Å². The Balaban J connectivity index is 1.53. The van der Waals surface area contributed by atoms with E-state index in [2.05, 4.69) is 0 Å². The van der Waals surface area contributed by atoms with E-state index in [1.165, 1.54) is 4.31 Å². The number of hydrogen-bond acceptors (Lipinski definition) is 4. The van der Waals surface area contributed by atoms with E-state index in [1.807, 2.05) is 59.1 Å². The van der Waals surface area contributed by atoms with Crippen molar-refractivity contribution < 1.29 is 17.9 Å². The third-order valence-electron chi connectivity index (χ3n) is 6.37. The van der Waals surface area contributed by atoms with Gasteiger partial charge in [0, 0.05) is 35.9 Å². The molecule has 4 aromatic rings. The van der Waals surface area contributed by atoms with Crippen molar-refractivity contribution in [2.75, 3.05) is 20.2 Å². The number of piperidine rings is 1. The zero-order valence-corrected chi connectivity index (χ0v) is 19.8. The highest BCUT2D eigenvalue weighted by atomic mass is 32.2. The molecule has 0 amide bonds. The highest BCUT2D eigenvalue weighted by Gasteiger charge is 2.26. The molecule has 0 bridgehead atoms. The molecule has 1 aliphatic rings. The Hall–Kier alpha value is -3.42. The van der Waals surface area contributed by atoms with E-state index in [4.69, 9.17) is 4.74 Å². The fraction of sp³-hybridized carbons (Fsp3) is 0.222. The molecule has 2 aromatic heterocycles. The predicted molar refractivity (Wildman–Crippen MR) is 132 cm³/mol. The highest BCUT2D eigenvalue weighted by Crippen LogP contribution is 2.31. The van der Waals surface area contributed by atoms with Crippen LogP contribution >= 0.6 is 0 Å². The normalized spacial score (nSPS) is 14.9. The van der Waals surface area contributed by atoms with Crippen molar-refractivity contribution in [2.45, 2.75) is 24.2 Å². The maximum absolute atomic E-state index is 13.7. The van der Waals surface area contributed by atoms with Crippen molar-refractivity contribution in [1.82, 2.24) is 8.71 Å². The number of ketones is 1. The summed E-state index contributed by atoms with van der Waals surface area (Å²) in [5.74, 6) is 0.574. The standard InChI is InChI=1S/C27H26N2O4S/c1-33-23-12-8-20(9-13-23)25-19-22-7-3-6-18-29(22)26(25)27(30)21-10-14-24(15-11-21)34(31,32)28-16-4-2-5-17-28/h3,6-15,18-19H,2,4-5,16-17H2,1H3. The number of hydrogen-bond donors (Lipinski definition) is 0. The average Bonchev–Trinajstić information content (AvgIpc) is 3.28. The first-order valence-electron chi connectivity index (χ1n) is 11.4. The van der Waals surface area contributed by atoms with E-state index in [-0.39, 0.29) is 10.7 Å². The van der Waals surface area contributed by atoms with E-state index in [0.29, 0.717) is 24.3 Å². The van der Waals surface area contributed by atoms with Gasteiger partial charge in [-0.1, -0.05) is 24.6 Å². The Morgan fingerprint density at radius 3 is 2.26 bits per heavy atom. The Bertz CT molecular complexity index is 1430. The fourth-order valence-electron chi connectivity index (χ4n) is 4.52. The van der Waals surface area contributed by atoms with Crippen molar-refractivity contribution in [3.05, 3.63) is 90.3 Å². The molecule has 34 heavy (non-hydrogen) atoms. The molecule has 0 unspecified atom stereocenters. The van der Waals surface area contributed by atoms with E-state index in [9.17, 15) is 13.2 Å². The summed E-state index contributed by atoms with van der Waals surface area (Å²) in [5.41, 5.74) is 3.59. The zero-order valence-electron chi connectivity index (χ0n) is 19.0. The van der Waals surface area contributed by atoms with Gasteiger partial charge in [0.25, 0.3) is 0 Å². The Labute approximate surface area is 199 Å². The number of rotatable bonds is 6. The number of nitrogens with zero attached hydrogens (tertiary/aromatic N) is 2. The third-order valence-corrected chi connectivity index (χ3v) is 8.28. The van der Waals surface area contributed by atoms with Crippen LogP contribution in [0.1, 0.15) is 35.3 Å². The second kappa shape index (κ2) is 9.08. The second-order valence-electron chi connectivity index (χ2n) is 8.45. The largest absolute Gasteiger partial charge is 0.497 e. The van der Waals surface area contributed by atoms with Gasteiger partial charge in [0.2, 0.25) is 15.8 Å². The SMILES string of the molecule is COc1ccc(-c2cc3ccccn3c2C(=O)c2ccc(S(=O)(=O)N3CCCCC3)cc2)cc1. The molecule has 174 valence electrons. The van der Waals surface area contributed by atoms with Crippen LogP contribution in [0.5, 0.6) is 5.75 Å². The summed E-state index contributed by atoms with van der Waals surface area (Å²) in [6.07, 6.45) is 4.68. The van der Waals surface area contributed by atoms with Crippen LogP contribution in [0.3, 0.4) is 0 Å². The van der Waals surface area contributed by atoms with Crippen LogP contribution < -0.4 is 4.74 Å². The molecule has 2 aromatic carbocycles. The Morgan fingerprint density at radius 1 is 0.882 bits per heavy atom. The Morgan fingerprint density at radius 2 is 1.59 bits per heavy atom. The summed E-state index contributed by atoms with van der Waals surface area (Å²) in [6, 6.07) is 21.7. The minimum absolute atomic E-state index is 0.168. The number of pyridine rings is 1. The van der Waals surface area contributed by atoms with E-state index >= 15 is 0 Å². The average molecular weight is 475 g/mol. The van der Waals surface area contributed by atoms with Crippen LogP contribution in [-0.4, -0.2) is 43.1 Å². The highest BCUT2D eigenvalue weighted by molar-refractivity contribution is 7.89. The van der Waals surface area contributed by atoms with Gasteiger partial charge >= 0.3 is 0 Å². The number of fused-ring (bicyclic) bond motifs is 1. The first-order valence-corrected chi connectivity index (χ1v) is 12.8. The maximum Gasteiger partial charge on any atom is 0.243 e. The van der Waals surface area contributed by atoms with Gasteiger partial charge in [0.1, 0.15) is 11.4 Å². The molecule has 3 heterocycles. The number of carbonyl (C=O) groups excluding carboxylic acids is 1. The minimum atomic E-state index is -3.55. The lowest BCUT2D eigenvalue weighted by molar-refractivity contribution is 0.103. The van der Waals surface area contributed by atoms with Gasteiger partial charge in [-0.3, -0.25) is 4.79 Å². The first-order chi connectivity index (χ1) is 16.5. The smallest absolute Gasteiger partial charge is 0.243 e. The molecule has 5 rings (SSSR count). The molecule has 0 spiro atoms. The third kappa shape index (κ3) is 4.02. The summed E-state index contributed by atoms with van der Waals surface area (Å²) >= 11 is 0. The number of methoxy groups -OCH3 is 1. The van der Waals surface area contributed by atoms with Gasteiger partial charge in [-0.05, 0) is 73.0 Å². The molecular formula is C27H26N2O4S. The summed E-state index contributed by atoms with van der Waals surface area (Å²) in [6.45, 7) is 1.09. The van der Waals surface area contributed by atoms with Crippen LogP contribution in [0.25, 0.3) is 16.6 Å². The van der Waals surface area contributed by atoms with E-state index in [1.54, 1.807) is 31.4 Å². The Kier molecular flexibility index (Phi) is 5.98. The monoisotopic (exact) mass is 474 g/mol. The molecule has 1 saturated heterocycles. The quantitative estimate of drug-likeness (QED) is 0.368. The molecule has 1 fully saturated rings. The van der Waals surface area contributed by atoms with Crippen LogP contribution in [0, 0.1) is 0 Å². The number of ether oxygens (including phenoxy) is 1. The van der Waals surface area contributed by atoms with Crippen LogP contribution in [0.4, 0.5) is 0 Å². The van der Waals surface area contributed by atoms with Gasteiger partial charge in [-0.15, -0.1) is 0 Å². The molecule has 0 atom stereocenters. The summed E-state index contributed by atoms with van der Waals surface area (Å²) in [5, 5.41) is 0. The lowest BCUT2D eigenvalue weighted by Crippen LogP contribution is -2.35. The zero-order chi connectivity index (χ0) is 23.7. The van der Waals surface area contributed by atoms with Crippen LogP contribution in [-0.2, 0) is 10.0 Å². The molecule has 0 saturated carbocycles. The van der Waals surface area contributed by atoms with Crippen LogP contribution in [0.2, 0.25) is 0 Å². The second-order valence-corrected chi connectivity index (χ2v) is 10.4. The van der Waals surface area contributed by atoms with E-state index in [0.717, 1.165) is 41.7 Å². The molecule has 0 aliphatic carbocycles. The number of benzene rings is 2. The predicted octanol–water partition coefficient (Wildman–Crippen LogP) is 5.02. The van der Waals surface area contributed by atoms with Crippen molar-refractivity contribution in [2.24, 2.45) is 0 Å². The van der Waals surface area contributed by atoms with Crippen molar-refractivity contribution in [3.8, 4) is 16.9 Å². The number of aromatic nitrogens is 1. The topological polar surface area (TPSA) is 68.1 Å². The van der Waals surface area contributed by atoms with Gasteiger partial charge in [0.05, 0.1) is 12.0 Å². The maximum atomic E-state index is 13.7. The van der Waals surface area contributed by atoms with Gasteiger partial charge < -0.3 is 9.14 Å². The van der Waals surface area contributed by atoms with Crippen molar-refractivity contribution in [3.63, 3.8) is 0 Å². The molecule has 0 N–H and O–H groups in total. The van der Waals surface area contributed by atoms with Crippen molar-refractivity contribution >= 4 is 21.3 Å². The van der Waals surface area contributed by atoms with Gasteiger partial charge in [-0.25, -0.2) is 8.42 Å². The lowest BCUT2D eigenvalue weighted by atomic mass is 10.00. The number of sulfonamides is 1. The van der Waals surface area contributed by atoms with Crippen LogP contribution in [0.15, 0.2) is 83.9 Å². The van der Waals surface area contributed by atoms with E-state index < -0.39 is 10.0 Å². The summed E-state index contributed by atoms with van der Waals surface area (Å²) in [4.78, 5) is 13.9. The lowest BCUT2D eigenvalue weighted by Gasteiger charge is -2.25. The summed E-state index contributed by atoms with van der Waals surface area (Å²) in [7, 11) is -1.93. The molecule has 1 aliphatic heterocycles. The summed E-state index contributed by atoms with van der Waals surface area (Å²) < 4.78 is 34.7. The first kappa shape index (κ1) is 22.4. The number of carbonyl (C=O) groups is 1. The molecule has 0 radical (unpaired) electrons.